The van der Waals surface area contributed by atoms with Gasteiger partial charge < -0.3 is 0 Å². The van der Waals surface area contributed by atoms with Crippen molar-refractivity contribution in [3.63, 3.8) is 0 Å². The molecule has 0 spiro atoms. The van der Waals surface area contributed by atoms with Crippen LogP contribution in [0, 0.1) is 6.92 Å². The van der Waals surface area contributed by atoms with Crippen molar-refractivity contribution in [2.24, 2.45) is 0 Å². The minimum absolute atomic E-state index is 0.541. The van der Waals surface area contributed by atoms with Gasteiger partial charge in [0.2, 0.25) is 0 Å². The third kappa shape index (κ3) is 3.19. The molecule has 0 bridgehead atoms. The van der Waals surface area contributed by atoms with Gasteiger partial charge in [-0.1, -0.05) is 0 Å². The smallest absolute Gasteiger partial charge is 0.0633 e. The van der Waals surface area contributed by atoms with Crippen LogP contribution < -0.4 is 0 Å². The van der Waals surface area contributed by atoms with Crippen LogP contribution >= 0.6 is 11.3 Å². The molecule has 0 amide bonds. The van der Waals surface area contributed by atoms with Crippen LogP contribution in [0.5, 0.6) is 0 Å². The van der Waals surface area contributed by atoms with Crippen molar-refractivity contribution in [3.05, 3.63) is 46.2 Å². The number of aryl methyl sites for hydroxylation is 1. The molecule has 3 heterocycles. The Morgan fingerprint density at radius 3 is 3.16 bits per heavy atom. The second kappa shape index (κ2) is 5.80. The molecule has 3 rings (SSSR count). The molecule has 0 saturated carbocycles. The standard InChI is InChI=1S/C15H19N3S/c1-12-7-16-8-15(17-12)14-3-2-5-18(10-14)9-13-4-6-19-11-13/h4,6-8,11,14H,2-3,5,9-10H2,1H3/t14-/m1/s1. The second-order valence-electron chi connectivity index (χ2n) is 5.29. The van der Waals surface area contributed by atoms with E-state index in [1.807, 2.05) is 19.3 Å². The van der Waals surface area contributed by atoms with Gasteiger partial charge in [-0.05, 0) is 48.7 Å². The molecule has 0 aromatic carbocycles. The summed E-state index contributed by atoms with van der Waals surface area (Å²) in [4.78, 5) is 11.5. The summed E-state index contributed by atoms with van der Waals surface area (Å²) in [6, 6.07) is 2.22. The molecule has 2 aromatic heterocycles. The summed E-state index contributed by atoms with van der Waals surface area (Å²) in [5, 5.41) is 4.40. The van der Waals surface area contributed by atoms with E-state index in [0.29, 0.717) is 5.92 Å². The Hall–Kier alpha value is -1.26. The fourth-order valence-electron chi connectivity index (χ4n) is 2.76. The van der Waals surface area contributed by atoms with Crippen LogP contribution in [0.25, 0.3) is 0 Å². The minimum atomic E-state index is 0.541. The maximum Gasteiger partial charge on any atom is 0.0633 e. The quantitative estimate of drug-likeness (QED) is 0.859. The van der Waals surface area contributed by atoms with Gasteiger partial charge in [0.05, 0.1) is 11.4 Å². The van der Waals surface area contributed by atoms with E-state index in [9.17, 15) is 0 Å². The Morgan fingerprint density at radius 1 is 1.42 bits per heavy atom. The number of aromatic nitrogens is 2. The van der Waals surface area contributed by atoms with Gasteiger partial charge in [0.25, 0.3) is 0 Å². The lowest BCUT2D eigenvalue weighted by Gasteiger charge is -2.32. The molecule has 0 radical (unpaired) electrons. The summed E-state index contributed by atoms with van der Waals surface area (Å²) in [5.74, 6) is 0.541. The number of hydrogen-bond acceptors (Lipinski definition) is 4. The van der Waals surface area contributed by atoms with Gasteiger partial charge in [-0.15, -0.1) is 0 Å². The first-order chi connectivity index (χ1) is 9.31. The van der Waals surface area contributed by atoms with Crippen molar-refractivity contribution in [1.82, 2.24) is 14.9 Å². The molecule has 1 aliphatic heterocycles. The lowest BCUT2D eigenvalue weighted by Crippen LogP contribution is -2.34. The van der Waals surface area contributed by atoms with Crippen molar-refractivity contribution in [2.45, 2.75) is 32.2 Å². The third-order valence-electron chi connectivity index (χ3n) is 3.68. The number of likely N-dealkylation sites (tertiary alicyclic amines) is 1. The van der Waals surface area contributed by atoms with E-state index in [2.05, 4.69) is 31.7 Å². The molecule has 3 nitrogen and oxygen atoms in total. The van der Waals surface area contributed by atoms with Crippen molar-refractivity contribution >= 4 is 11.3 Å². The Bertz CT molecular complexity index is 524. The highest BCUT2D eigenvalue weighted by molar-refractivity contribution is 7.07. The Morgan fingerprint density at radius 2 is 2.37 bits per heavy atom. The van der Waals surface area contributed by atoms with Gasteiger partial charge in [0, 0.05) is 31.4 Å². The van der Waals surface area contributed by atoms with Crippen LogP contribution in [-0.2, 0) is 6.54 Å². The predicted octanol–water partition coefficient (Wildman–Crippen LogP) is 3.23. The van der Waals surface area contributed by atoms with Crippen LogP contribution in [0.1, 0.15) is 35.7 Å². The predicted molar refractivity (Wildman–Crippen MR) is 78.3 cm³/mol. The number of piperidine rings is 1. The van der Waals surface area contributed by atoms with E-state index in [-0.39, 0.29) is 0 Å². The topological polar surface area (TPSA) is 29.0 Å². The molecule has 4 heteroatoms. The third-order valence-corrected chi connectivity index (χ3v) is 4.42. The molecule has 0 aliphatic carbocycles. The largest absolute Gasteiger partial charge is 0.298 e. The maximum atomic E-state index is 4.64. The Kier molecular flexibility index (Phi) is 3.89. The van der Waals surface area contributed by atoms with Crippen LogP contribution in [0.2, 0.25) is 0 Å². The SMILES string of the molecule is Cc1cncc([C@@H]2CCCN(Cc3ccsc3)C2)n1. The Balaban J connectivity index is 1.67. The fourth-order valence-corrected chi connectivity index (χ4v) is 3.42. The van der Waals surface area contributed by atoms with E-state index in [1.54, 1.807) is 11.3 Å². The highest BCUT2D eigenvalue weighted by Gasteiger charge is 2.22. The maximum absolute atomic E-state index is 4.64. The zero-order valence-electron chi connectivity index (χ0n) is 11.2. The van der Waals surface area contributed by atoms with Gasteiger partial charge in [-0.3, -0.25) is 14.9 Å². The molecule has 1 aliphatic rings. The lowest BCUT2D eigenvalue weighted by atomic mass is 9.94. The molecule has 1 atom stereocenters. The van der Waals surface area contributed by atoms with Crippen LogP contribution in [0.4, 0.5) is 0 Å². The van der Waals surface area contributed by atoms with Gasteiger partial charge in [0.1, 0.15) is 0 Å². The second-order valence-corrected chi connectivity index (χ2v) is 6.07. The van der Waals surface area contributed by atoms with Crippen LogP contribution in [0.3, 0.4) is 0 Å². The molecule has 1 saturated heterocycles. The summed E-state index contributed by atoms with van der Waals surface area (Å²) >= 11 is 1.78. The monoisotopic (exact) mass is 273 g/mol. The number of nitrogens with zero attached hydrogens (tertiary/aromatic N) is 3. The molecule has 1 fully saturated rings. The summed E-state index contributed by atoms with van der Waals surface area (Å²) in [5.41, 5.74) is 3.61. The van der Waals surface area contributed by atoms with Gasteiger partial charge >= 0.3 is 0 Å². The van der Waals surface area contributed by atoms with Gasteiger partial charge in [-0.2, -0.15) is 11.3 Å². The van der Waals surface area contributed by atoms with E-state index >= 15 is 0 Å². The Labute approximate surface area is 118 Å². The van der Waals surface area contributed by atoms with Crippen molar-refractivity contribution in [1.29, 1.82) is 0 Å². The van der Waals surface area contributed by atoms with E-state index in [0.717, 1.165) is 24.5 Å². The first-order valence-electron chi connectivity index (χ1n) is 6.83. The zero-order valence-corrected chi connectivity index (χ0v) is 12.1. The van der Waals surface area contributed by atoms with E-state index in [1.165, 1.54) is 24.9 Å². The zero-order chi connectivity index (χ0) is 13.1. The first-order valence-corrected chi connectivity index (χ1v) is 7.77. The summed E-state index contributed by atoms with van der Waals surface area (Å²) in [6.07, 6.45) is 6.25. The van der Waals surface area contributed by atoms with Crippen LogP contribution in [0.15, 0.2) is 29.2 Å². The summed E-state index contributed by atoms with van der Waals surface area (Å²) < 4.78 is 0. The molecule has 0 N–H and O–H groups in total. The molecular formula is C15H19N3S. The van der Waals surface area contributed by atoms with E-state index < -0.39 is 0 Å². The van der Waals surface area contributed by atoms with Crippen LogP contribution in [-0.4, -0.2) is 28.0 Å². The first kappa shape index (κ1) is 12.8. The average molecular weight is 273 g/mol. The summed E-state index contributed by atoms with van der Waals surface area (Å²) in [6.45, 7) is 5.39. The molecular weight excluding hydrogens is 254 g/mol. The average Bonchev–Trinajstić information content (AvgIpc) is 2.92. The van der Waals surface area contributed by atoms with E-state index in [4.69, 9.17) is 0 Å². The normalized spacial score (nSPS) is 20.6. The van der Waals surface area contributed by atoms with Gasteiger partial charge in [0.15, 0.2) is 0 Å². The fraction of sp³-hybridized carbons (Fsp3) is 0.467. The lowest BCUT2D eigenvalue weighted by molar-refractivity contribution is 0.198. The number of hydrogen-bond donors (Lipinski definition) is 0. The van der Waals surface area contributed by atoms with Gasteiger partial charge in [-0.25, -0.2) is 0 Å². The number of rotatable bonds is 3. The highest BCUT2D eigenvalue weighted by atomic mass is 32.1. The van der Waals surface area contributed by atoms with Crippen molar-refractivity contribution < 1.29 is 0 Å². The molecule has 100 valence electrons. The number of thiophene rings is 1. The van der Waals surface area contributed by atoms with Crippen molar-refractivity contribution in [2.75, 3.05) is 13.1 Å². The minimum Gasteiger partial charge on any atom is -0.298 e. The molecule has 0 unspecified atom stereocenters. The molecule has 19 heavy (non-hydrogen) atoms. The molecule has 2 aromatic rings. The van der Waals surface area contributed by atoms with Crippen molar-refractivity contribution in [3.8, 4) is 0 Å². The summed E-state index contributed by atoms with van der Waals surface area (Å²) in [7, 11) is 0. The highest BCUT2D eigenvalue weighted by Crippen LogP contribution is 2.26.